The van der Waals surface area contributed by atoms with Gasteiger partial charge in [-0.3, -0.25) is 9.59 Å². The van der Waals surface area contributed by atoms with Gasteiger partial charge in [-0.05, 0) is 78.4 Å². The molecule has 11 heteroatoms. The summed E-state index contributed by atoms with van der Waals surface area (Å²) in [5.41, 5.74) is 1.94. The van der Waals surface area contributed by atoms with Gasteiger partial charge in [-0.15, -0.1) is 0 Å². The summed E-state index contributed by atoms with van der Waals surface area (Å²) in [5, 5.41) is 28.0. The fourth-order valence-electron chi connectivity index (χ4n) is 5.82. The Morgan fingerprint density at radius 1 is 0.907 bits per heavy atom. The summed E-state index contributed by atoms with van der Waals surface area (Å²) >= 11 is 12.5. The van der Waals surface area contributed by atoms with Crippen molar-refractivity contribution in [1.82, 2.24) is 9.78 Å². The van der Waals surface area contributed by atoms with Crippen molar-refractivity contribution in [3.8, 4) is 11.4 Å². The number of carbonyl (C=O) groups excluding carboxylic acids is 2. The number of nitrogens with one attached hydrogen (secondary N) is 2. The molecule has 212 valence electrons. The lowest BCUT2D eigenvalue weighted by Crippen LogP contribution is -2.51. The third-order valence-corrected chi connectivity index (χ3v) is 8.09. The largest absolute Gasteiger partial charge is 0.508 e. The zero-order valence-corrected chi connectivity index (χ0v) is 23.8. The van der Waals surface area contributed by atoms with Gasteiger partial charge in [0.05, 0.1) is 17.3 Å². The molecule has 2 aliphatic heterocycles. The Morgan fingerprint density at radius 2 is 1.70 bits per heavy atom. The standard InChI is InChI=1S/C32H22Cl2N6O3/c33-20-8-11-23(12-9-20)40-32(26-13-10-21(34)17-27(26)37-31(32)43)28(19-4-1-7-25(41)16-19)29(38-40)30(42)36-22-5-2-6-24(18-22)39-15-3-14-35-39/h1-18,28,41H,(H,36,42)(H,37,43)/t28-,32-/m0/s1. The normalized spacial score (nSPS) is 18.8. The van der Waals surface area contributed by atoms with Crippen LogP contribution >= 0.6 is 23.2 Å². The molecule has 0 radical (unpaired) electrons. The highest BCUT2D eigenvalue weighted by Crippen LogP contribution is 2.55. The van der Waals surface area contributed by atoms with Crippen molar-refractivity contribution in [2.75, 3.05) is 15.6 Å². The van der Waals surface area contributed by atoms with E-state index in [1.165, 1.54) is 6.07 Å². The Balaban J connectivity index is 1.41. The van der Waals surface area contributed by atoms with Crippen LogP contribution in [0.4, 0.5) is 17.1 Å². The first kappa shape index (κ1) is 26.8. The first-order valence-corrected chi connectivity index (χ1v) is 14.1. The molecule has 4 aromatic carbocycles. The van der Waals surface area contributed by atoms with E-state index in [9.17, 15) is 14.7 Å². The van der Waals surface area contributed by atoms with E-state index >= 15 is 0 Å². The van der Waals surface area contributed by atoms with Crippen LogP contribution in [0.3, 0.4) is 0 Å². The number of carbonyl (C=O) groups is 2. The molecule has 1 aromatic heterocycles. The van der Waals surface area contributed by atoms with Gasteiger partial charge in [0.25, 0.3) is 11.8 Å². The van der Waals surface area contributed by atoms with Gasteiger partial charge >= 0.3 is 0 Å². The zero-order chi connectivity index (χ0) is 29.7. The van der Waals surface area contributed by atoms with E-state index in [1.807, 2.05) is 12.1 Å². The van der Waals surface area contributed by atoms with Crippen LogP contribution in [-0.2, 0) is 15.1 Å². The van der Waals surface area contributed by atoms with Gasteiger partial charge < -0.3 is 15.7 Å². The minimum absolute atomic E-state index is 0.0148. The van der Waals surface area contributed by atoms with Crippen LogP contribution in [0.25, 0.3) is 5.69 Å². The number of rotatable bonds is 5. The molecule has 0 saturated carbocycles. The monoisotopic (exact) mass is 608 g/mol. The number of benzene rings is 4. The molecule has 0 fully saturated rings. The third-order valence-electron chi connectivity index (χ3n) is 7.60. The lowest BCUT2D eigenvalue weighted by molar-refractivity contribution is -0.120. The van der Waals surface area contributed by atoms with Crippen LogP contribution < -0.4 is 15.6 Å². The molecule has 2 amide bonds. The summed E-state index contributed by atoms with van der Waals surface area (Å²) in [5.74, 6) is -1.87. The van der Waals surface area contributed by atoms with E-state index in [1.54, 1.807) is 101 Å². The molecule has 0 saturated heterocycles. The molecule has 0 aliphatic carbocycles. The number of hydrazone groups is 1. The predicted molar refractivity (Wildman–Crippen MR) is 166 cm³/mol. The van der Waals surface area contributed by atoms with Gasteiger partial charge in [-0.2, -0.15) is 10.2 Å². The van der Waals surface area contributed by atoms with Crippen LogP contribution in [0.1, 0.15) is 17.0 Å². The van der Waals surface area contributed by atoms with Crippen LogP contribution in [0.5, 0.6) is 5.75 Å². The average molecular weight is 609 g/mol. The Kier molecular flexibility index (Phi) is 6.41. The lowest BCUT2D eigenvalue weighted by atomic mass is 9.72. The van der Waals surface area contributed by atoms with E-state index in [0.717, 1.165) is 5.69 Å². The number of nitrogens with zero attached hydrogens (tertiary/aromatic N) is 4. The van der Waals surface area contributed by atoms with Crippen molar-refractivity contribution in [2.24, 2.45) is 5.10 Å². The average Bonchev–Trinajstić information content (AvgIpc) is 3.72. The van der Waals surface area contributed by atoms with Gasteiger partial charge in [-0.1, -0.05) is 47.5 Å². The molecule has 9 nitrogen and oxygen atoms in total. The second kappa shape index (κ2) is 10.3. The van der Waals surface area contributed by atoms with Gasteiger partial charge in [0.2, 0.25) is 0 Å². The number of anilines is 3. The lowest BCUT2D eigenvalue weighted by Gasteiger charge is -2.37. The van der Waals surface area contributed by atoms with Gasteiger partial charge in [-0.25, -0.2) is 9.69 Å². The highest BCUT2D eigenvalue weighted by Gasteiger charge is 2.63. The summed E-state index contributed by atoms with van der Waals surface area (Å²) in [7, 11) is 0. The highest BCUT2D eigenvalue weighted by atomic mass is 35.5. The summed E-state index contributed by atoms with van der Waals surface area (Å²) < 4.78 is 1.68. The molecule has 5 aromatic rings. The van der Waals surface area contributed by atoms with E-state index < -0.39 is 23.3 Å². The highest BCUT2D eigenvalue weighted by molar-refractivity contribution is 6.47. The summed E-state index contributed by atoms with van der Waals surface area (Å²) in [4.78, 5) is 28.5. The number of aromatic nitrogens is 2. The molecule has 3 heterocycles. The second-order valence-corrected chi connectivity index (χ2v) is 11.0. The maximum absolute atomic E-state index is 14.3. The molecule has 0 bridgehead atoms. The van der Waals surface area contributed by atoms with Crippen molar-refractivity contribution in [1.29, 1.82) is 0 Å². The van der Waals surface area contributed by atoms with E-state index in [-0.39, 0.29) is 11.5 Å². The number of phenols is 1. The quantitative estimate of drug-likeness (QED) is 0.216. The molecule has 7 rings (SSSR count). The number of halogens is 2. The number of phenolic OH excluding ortho intramolecular Hbond substituents is 1. The molecule has 43 heavy (non-hydrogen) atoms. The topological polar surface area (TPSA) is 112 Å². The van der Waals surface area contributed by atoms with Crippen molar-refractivity contribution in [3.63, 3.8) is 0 Å². The first-order chi connectivity index (χ1) is 20.8. The number of aromatic hydroxyl groups is 1. The van der Waals surface area contributed by atoms with Gasteiger partial charge in [0, 0.05) is 39.4 Å². The first-order valence-electron chi connectivity index (χ1n) is 13.3. The minimum atomic E-state index is -1.54. The molecule has 2 aliphatic rings. The van der Waals surface area contributed by atoms with Gasteiger partial charge in [0.15, 0.2) is 5.54 Å². The van der Waals surface area contributed by atoms with Crippen LogP contribution in [-0.4, -0.2) is 32.4 Å². The van der Waals surface area contributed by atoms with Crippen LogP contribution in [0.2, 0.25) is 10.0 Å². The second-order valence-electron chi connectivity index (χ2n) is 10.2. The molecule has 2 atom stereocenters. The molecular weight excluding hydrogens is 587 g/mol. The van der Waals surface area contributed by atoms with Crippen LogP contribution in [0.15, 0.2) is 115 Å². The minimum Gasteiger partial charge on any atom is -0.508 e. The maximum atomic E-state index is 14.3. The smallest absolute Gasteiger partial charge is 0.272 e. The Morgan fingerprint density at radius 3 is 2.47 bits per heavy atom. The Labute approximate surface area is 256 Å². The number of fused-ring (bicyclic) bond motifs is 2. The van der Waals surface area contributed by atoms with Crippen molar-refractivity contribution in [3.05, 3.63) is 131 Å². The summed E-state index contributed by atoms with van der Waals surface area (Å²) in [6, 6.07) is 27.5. The van der Waals surface area contributed by atoms with E-state index in [2.05, 4.69) is 15.7 Å². The molecule has 0 unspecified atom stereocenters. The predicted octanol–water partition coefficient (Wildman–Crippen LogP) is 6.33. The fourth-order valence-corrected chi connectivity index (χ4v) is 6.12. The Hall–Kier alpha value is -5.12. The number of amides is 2. The number of hydrogen-bond acceptors (Lipinski definition) is 6. The zero-order valence-electron chi connectivity index (χ0n) is 22.3. The Bertz CT molecular complexity index is 1930. The number of hydrogen-bond donors (Lipinski definition) is 3. The van der Waals surface area contributed by atoms with Crippen molar-refractivity contribution < 1.29 is 14.7 Å². The summed E-state index contributed by atoms with van der Waals surface area (Å²) in [6.07, 6.45) is 3.47. The fraction of sp³-hybridized carbons (Fsp3) is 0.0625. The molecular formula is C32H22Cl2N6O3. The van der Waals surface area contributed by atoms with E-state index in [4.69, 9.17) is 28.3 Å². The molecule has 3 N–H and O–H groups in total. The maximum Gasteiger partial charge on any atom is 0.272 e. The van der Waals surface area contributed by atoms with E-state index in [0.29, 0.717) is 38.2 Å². The van der Waals surface area contributed by atoms with Crippen molar-refractivity contribution >= 4 is 57.8 Å². The van der Waals surface area contributed by atoms with Crippen molar-refractivity contribution in [2.45, 2.75) is 11.5 Å². The van der Waals surface area contributed by atoms with Crippen LogP contribution in [0, 0.1) is 0 Å². The third kappa shape index (κ3) is 4.41. The SMILES string of the molecule is O=C(Nc1cccc(-n2cccn2)c1)C1=NN(c2ccc(Cl)cc2)[C@]2(C(=O)Nc3cc(Cl)ccc32)[C@H]1c1cccc(O)c1. The summed E-state index contributed by atoms with van der Waals surface area (Å²) in [6.45, 7) is 0. The molecule has 1 spiro atoms. The van der Waals surface area contributed by atoms with Gasteiger partial charge in [0.1, 0.15) is 11.5 Å².